The predicted molar refractivity (Wildman–Crippen MR) is 117 cm³/mol. The Bertz CT molecular complexity index is 1090. The molecule has 0 amide bonds. The maximum atomic E-state index is 11.0. The van der Waals surface area contributed by atoms with Gasteiger partial charge in [-0.05, 0) is 84.9 Å². The van der Waals surface area contributed by atoms with E-state index in [1.807, 2.05) is 32.2 Å². The third-order valence-electron chi connectivity index (χ3n) is 6.33. The topological polar surface area (TPSA) is 68.9 Å². The highest BCUT2D eigenvalue weighted by Crippen LogP contribution is 2.40. The van der Waals surface area contributed by atoms with E-state index in [2.05, 4.69) is 25.9 Å². The molecule has 3 aromatic rings. The summed E-state index contributed by atoms with van der Waals surface area (Å²) < 4.78 is 5.70. The summed E-state index contributed by atoms with van der Waals surface area (Å²) >= 11 is 0. The summed E-state index contributed by atoms with van der Waals surface area (Å²) in [6, 6.07) is 4.05. The van der Waals surface area contributed by atoms with E-state index in [0.29, 0.717) is 18.1 Å². The first-order valence-electron chi connectivity index (χ1n) is 10.7. The van der Waals surface area contributed by atoms with Crippen LogP contribution in [-0.4, -0.2) is 21.4 Å². The number of aromatic nitrogens is 3. The van der Waals surface area contributed by atoms with Crippen molar-refractivity contribution in [1.29, 1.82) is 0 Å². The highest BCUT2D eigenvalue weighted by atomic mass is 16.5. The Hall–Kier alpha value is -2.82. The molecule has 0 aliphatic heterocycles. The molecule has 0 unspecified atom stereocenters. The molecule has 0 bridgehead atoms. The van der Waals surface area contributed by atoms with Crippen LogP contribution in [0.5, 0.6) is 0 Å². The Kier molecular flexibility index (Phi) is 5.31. The first kappa shape index (κ1) is 20.5. The maximum Gasteiger partial charge on any atom is 0.260 e. The van der Waals surface area contributed by atoms with E-state index in [0.717, 1.165) is 59.8 Å². The average Bonchev–Trinajstić information content (AvgIpc) is 3.19. The Morgan fingerprint density at radius 3 is 2.57 bits per heavy atom. The Morgan fingerprint density at radius 1 is 1.17 bits per heavy atom. The molecule has 1 aromatic carbocycles. The molecule has 1 aliphatic rings. The van der Waals surface area contributed by atoms with Crippen LogP contribution in [0, 0.1) is 19.3 Å². The number of nitrogens with zero attached hydrogens (tertiary/aromatic N) is 3. The number of hydrogen-bond donors (Lipinski definition) is 0. The summed E-state index contributed by atoms with van der Waals surface area (Å²) in [5.41, 5.74) is 9.20. The molecule has 156 valence electrons. The highest BCUT2D eigenvalue weighted by Gasteiger charge is 2.30. The lowest BCUT2D eigenvalue weighted by Gasteiger charge is -2.33. The number of carbonyl (C=O) groups excluding carboxylic acids is 1. The standard InChI is InChI=1S/C25H29N3O2/c1-6-22-20-13-25(4,5)9-7-19(20)21(14-26-22)24-27-23(28-30-24)17-11-15(2)18(8-10-29)16(3)12-17/h10-12,14H,6-9,13H2,1-5H3. The van der Waals surface area contributed by atoms with Gasteiger partial charge in [-0.25, -0.2) is 0 Å². The number of carbonyl (C=O) groups is 1. The largest absolute Gasteiger partial charge is 0.334 e. The lowest BCUT2D eigenvalue weighted by atomic mass is 9.73. The molecule has 0 N–H and O–H groups in total. The normalized spacial score (nSPS) is 15.1. The van der Waals surface area contributed by atoms with Crippen molar-refractivity contribution >= 4 is 6.29 Å². The quantitative estimate of drug-likeness (QED) is 0.545. The molecule has 0 saturated carbocycles. The zero-order valence-corrected chi connectivity index (χ0v) is 18.5. The van der Waals surface area contributed by atoms with Crippen LogP contribution in [0.4, 0.5) is 0 Å². The molecule has 0 atom stereocenters. The van der Waals surface area contributed by atoms with Crippen molar-refractivity contribution in [1.82, 2.24) is 15.1 Å². The Balaban J connectivity index is 1.75. The van der Waals surface area contributed by atoms with Crippen LogP contribution in [-0.2, 0) is 30.5 Å². The van der Waals surface area contributed by atoms with Gasteiger partial charge in [0.05, 0.1) is 5.56 Å². The Morgan fingerprint density at radius 2 is 1.90 bits per heavy atom. The van der Waals surface area contributed by atoms with Crippen molar-refractivity contribution in [3.63, 3.8) is 0 Å². The molecule has 1 aliphatic carbocycles. The number of rotatable bonds is 5. The van der Waals surface area contributed by atoms with Gasteiger partial charge < -0.3 is 9.32 Å². The van der Waals surface area contributed by atoms with Gasteiger partial charge in [0.25, 0.3) is 5.89 Å². The highest BCUT2D eigenvalue weighted by molar-refractivity contribution is 5.67. The zero-order chi connectivity index (χ0) is 21.5. The summed E-state index contributed by atoms with van der Waals surface area (Å²) in [6.45, 7) is 10.8. The molecular formula is C25H29N3O2. The van der Waals surface area contributed by atoms with Crippen LogP contribution in [0.15, 0.2) is 22.9 Å². The maximum absolute atomic E-state index is 11.0. The van der Waals surface area contributed by atoms with Crippen molar-refractivity contribution < 1.29 is 9.32 Å². The van der Waals surface area contributed by atoms with E-state index in [9.17, 15) is 4.79 Å². The van der Waals surface area contributed by atoms with Crippen molar-refractivity contribution in [2.75, 3.05) is 0 Å². The Labute approximate surface area is 177 Å². The van der Waals surface area contributed by atoms with Crippen LogP contribution >= 0.6 is 0 Å². The third kappa shape index (κ3) is 3.69. The summed E-state index contributed by atoms with van der Waals surface area (Å²) in [7, 11) is 0. The second-order valence-electron chi connectivity index (χ2n) is 9.15. The van der Waals surface area contributed by atoms with E-state index in [1.54, 1.807) is 0 Å². The van der Waals surface area contributed by atoms with Crippen LogP contribution in [0.1, 0.15) is 60.7 Å². The minimum Gasteiger partial charge on any atom is -0.334 e. The van der Waals surface area contributed by atoms with Crippen LogP contribution in [0.2, 0.25) is 0 Å². The number of aldehydes is 1. The van der Waals surface area contributed by atoms with Crippen LogP contribution < -0.4 is 0 Å². The van der Waals surface area contributed by atoms with Gasteiger partial charge >= 0.3 is 0 Å². The molecule has 30 heavy (non-hydrogen) atoms. The molecule has 0 saturated heterocycles. The van der Waals surface area contributed by atoms with Gasteiger partial charge in [-0.2, -0.15) is 4.98 Å². The van der Waals surface area contributed by atoms with Gasteiger partial charge in [0.2, 0.25) is 5.82 Å². The fraction of sp³-hybridized carbons (Fsp3) is 0.440. The van der Waals surface area contributed by atoms with E-state index in [4.69, 9.17) is 14.5 Å². The average molecular weight is 404 g/mol. The molecular weight excluding hydrogens is 374 g/mol. The van der Waals surface area contributed by atoms with Crippen molar-refractivity contribution in [2.45, 2.75) is 66.7 Å². The summed E-state index contributed by atoms with van der Waals surface area (Å²) in [5, 5.41) is 4.26. The van der Waals surface area contributed by atoms with Crippen LogP contribution in [0.3, 0.4) is 0 Å². The van der Waals surface area contributed by atoms with Gasteiger partial charge in [0, 0.05) is 23.9 Å². The van der Waals surface area contributed by atoms with Gasteiger partial charge in [0.1, 0.15) is 6.29 Å². The molecule has 5 heteroatoms. The lowest BCUT2D eigenvalue weighted by Crippen LogP contribution is -2.24. The minimum atomic E-state index is 0.287. The van der Waals surface area contributed by atoms with E-state index in [1.165, 1.54) is 16.8 Å². The third-order valence-corrected chi connectivity index (χ3v) is 6.33. The summed E-state index contributed by atoms with van der Waals surface area (Å²) in [4.78, 5) is 20.4. The molecule has 5 nitrogen and oxygen atoms in total. The van der Waals surface area contributed by atoms with E-state index in [-0.39, 0.29) is 5.41 Å². The fourth-order valence-electron chi connectivity index (χ4n) is 4.63. The summed E-state index contributed by atoms with van der Waals surface area (Å²) in [5.74, 6) is 1.10. The first-order valence-corrected chi connectivity index (χ1v) is 10.7. The van der Waals surface area contributed by atoms with Gasteiger partial charge in [-0.3, -0.25) is 4.98 Å². The van der Waals surface area contributed by atoms with Crippen LogP contribution in [0.25, 0.3) is 22.8 Å². The number of aryl methyl sites for hydroxylation is 3. The molecule has 0 radical (unpaired) electrons. The van der Waals surface area contributed by atoms with E-state index >= 15 is 0 Å². The van der Waals surface area contributed by atoms with Gasteiger partial charge in [-0.15, -0.1) is 0 Å². The van der Waals surface area contributed by atoms with E-state index < -0.39 is 0 Å². The summed E-state index contributed by atoms with van der Waals surface area (Å²) in [6.07, 6.45) is 7.37. The van der Waals surface area contributed by atoms with Crippen molar-refractivity contribution in [2.24, 2.45) is 5.41 Å². The van der Waals surface area contributed by atoms with Gasteiger partial charge in [0.15, 0.2) is 0 Å². The SMILES string of the molecule is CCc1ncc(-c2nc(-c3cc(C)c(CC=O)c(C)c3)no2)c2c1CC(C)(C)CC2. The number of hydrogen-bond acceptors (Lipinski definition) is 5. The molecule has 2 heterocycles. The van der Waals surface area contributed by atoms with Crippen molar-refractivity contribution in [3.05, 3.63) is 51.8 Å². The molecule has 4 rings (SSSR count). The smallest absolute Gasteiger partial charge is 0.260 e. The second kappa shape index (κ2) is 7.78. The lowest BCUT2D eigenvalue weighted by molar-refractivity contribution is -0.107. The first-order chi connectivity index (χ1) is 14.3. The van der Waals surface area contributed by atoms with Gasteiger partial charge in [-0.1, -0.05) is 25.9 Å². The fourth-order valence-corrected chi connectivity index (χ4v) is 4.63. The minimum absolute atomic E-state index is 0.287. The molecule has 0 spiro atoms. The second-order valence-corrected chi connectivity index (χ2v) is 9.15. The number of benzene rings is 1. The zero-order valence-electron chi connectivity index (χ0n) is 18.5. The molecule has 0 fully saturated rings. The van der Waals surface area contributed by atoms with Crippen molar-refractivity contribution in [3.8, 4) is 22.8 Å². The number of pyridine rings is 1. The monoisotopic (exact) mass is 403 g/mol. The predicted octanol–water partition coefficient (Wildman–Crippen LogP) is 5.23. The molecule has 2 aromatic heterocycles. The number of fused-ring (bicyclic) bond motifs is 1.